The van der Waals surface area contributed by atoms with Crippen molar-refractivity contribution in [2.45, 2.75) is 6.18 Å². The molecule has 0 aliphatic rings. The number of nitrogens with one attached hydrogen (secondary N) is 2. The summed E-state index contributed by atoms with van der Waals surface area (Å²) in [5, 5.41) is 2.76. The molecule has 3 rings (SSSR count). The van der Waals surface area contributed by atoms with E-state index in [0.29, 0.717) is 0 Å². The van der Waals surface area contributed by atoms with Gasteiger partial charge in [0.1, 0.15) is 16.8 Å². The molecule has 1 aromatic carbocycles. The lowest BCUT2D eigenvalue weighted by atomic mass is 10.1. The Morgan fingerprint density at radius 3 is 2.65 bits per heavy atom. The highest BCUT2D eigenvalue weighted by Gasteiger charge is 2.36. The van der Waals surface area contributed by atoms with Crippen molar-refractivity contribution in [2.24, 2.45) is 0 Å². The molecular weight excluding hydrogens is 396 g/mol. The van der Waals surface area contributed by atoms with Crippen molar-refractivity contribution < 1.29 is 22.7 Å². The standard InChI is InChI=1S/C15H9Cl2F3N4O2/c1-26-9-3-2-7(10-11(9)23-14(22-10)15(18,19)20)13(25)24-12-8(17)4-6(16)5-21-12/h2-5H,1H3,(H,22,23)(H,21,24,25). The van der Waals surface area contributed by atoms with E-state index in [1.165, 1.54) is 31.5 Å². The third kappa shape index (κ3) is 3.40. The fraction of sp³-hybridized carbons (Fsp3) is 0.133. The van der Waals surface area contributed by atoms with Crippen LogP contribution in [0.2, 0.25) is 10.0 Å². The minimum absolute atomic E-state index is 0.0108. The molecule has 0 saturated heterocycles. The number of benzene rings is 1. The molecule has 1 amide bonds. The van der Waals surface area contributed by atoms with E-state index < -0.39 is 17.9 Å². The van der Waals surface area contributed by atoms with E-state index in [1.807, 2.05) is 0 Å². The second kappa shape index (κ2) is 6.65. The van der Waals surface area contributed by atoms with Crippen molar-refractivity contribution in [1.82, 2.24) is 15.0 Å². The number of fused-ring (bicyclic) bond motifs is 1. The number of aromatic amines is 1. The van der Waals surface area contributed by atoms with Gasteiger partial charge in [0.25, 0.3) is 5.91 Å². The van der Waals surface area contributed by atoms with Crippen molar-refractivity contribution in [2.75, 3.05) is 12.4 Å². The number of anilines is 1. The Morgan fingerprint density at radius 1 is 1.31 bits per heavy atom. The number of aromatic nitrogens is 3. The first-order valence-electron chi connectivity index (χ1n) is 6.97. The van der Waals surface area contributed by atoms with Gasteiger partial charge in [0, 0.05) is 6.20 Å². The Kier molecular flexibility index (Phi) is 4.68. The van der Waals surface area contributed by atoms with E-state index >= 15 is 0 Å². The zero-order chi connectivity index (χ0) is 19.1. The molecular formula is C15H9Cl2F3N4O2. The van der Waals surface area contributed by atoms with Crippen LogP contribution >= 0.6 is 23.2 Å². The first-order valence-corrected chi connectivity index (χ1v) is 7.72. The molecule has 0 fully saturated rings. The number of amides is 1. The predicted molar refractivity (Wildman–Crippen MR) is 89.9 cm³/mol. The van der Waals surface area contributed by atoms with E-state index in [-0.39, 0.29) is 38.2 Å². The Labute approximate surface area is 154 Å². The van der Waals surface area contributed by atoms with Crippen molar-refractivity contribution in [3.63, 3.8) is 0 Å². The van der Waals surface area contributed by atoms with Gasteiger partial charge in [-0.15, -0.1) is 0 Å². The average Bonchev–Trinajstić information content (AvgIpc) is 3.02. The minimum atomic E-state index is -4.71. The van der Waals surface area contributed by atoms with Crippen LogP contribution in [0.15, 0.2) is 24.4 Å². The molecule has 2 N–H and O–H groups in total. The third-order valence-corrected chi connectivity index (χ3v) is 3.87. The Balaban J connectivity index is 2.06. The van der Waals surface area contributed by atoms with Gasteiger partial charge in [-0.05, 0) is 18.2 Å². The molecule has 3 aromatic rings. The number of hydrogen-bond acceptors (Lipinski definition) is 4. The predicted octanol–water partition coefficient (Wildman–Crippen LogP) is 4.54. The number of methoxy groups -OCH3 is 1. The van der Waals surface area contributed by atoms with Crippen LogP contribution < -0.4 is 10.1 Å². The number of alkyl halides is 3. The van der Waals surface area contributed by atoms with Crippen LogP contribution in [0.5, 0.6) is 5.75 Å². The first-order chi connectivity index (χ1) is 12.2. The average molecular weight is 405 g/mol. The molecule has 0 unspecified atom stereocenters. The molecule has 136 valence electrons. The number of rotatable bonds is 3. The number of carbonyl (C=O) groups excluding carboxylic acids is 1. The van der Waals surface area contributed by atoms with Crippen LogP contribution in [0.3, 0.4) is 0 Å². The quantitative estimate of drug-likeness (QED) is 0.671. The van der Waals surface area contributed by atoms with Gasteiger partial charge in [0.15, 0.2) is 5.82 Å². The molecule has 11 heteroatoms. The molecule has 2 aromatic heterocycles. The number of hydrogen-bond donors (Lipinski definition) is 2. The fourth-order valence-electron chi connectivity index (χ4n) is 2.24. The number of H-pyrrole nitrogens is 1. The number of carbonyl (C=O) groups is 1. The summed E-state index contributed by atoms with van der Waals surface area (Å²) < 4.78 is 43.9. The fourth-order valence-corrected chi connectivity index (χ4v) is 2.66. The van der Waals surface area contributed by atoms with Crippen molar-refractivity contribution in [3.8, 4) is 5.75 Å². The largest absolute Gasteiger partial charge is 0.494 e. The van der Waals surface area contributed by atoms with Gasteiger partial charge >= 0.3 is 6.18 Å². The van der Waals surface area contributed by atoms with E-state index in [9.17, 15) is 18.0 Å². The molecule has 0 saturated carbocycles. The molecule has 0 aliphatic heterocycles. The Morgan fingerprint density at radius 2 is 2.04 bits per heavy atom. The lowest BCUT2D eigenvalue weighted by Gasteiger charge is -2.08. The number of ether oxygens (including phenoxy) is 1. The van der Waals surface area contributed by atoms with Gasteiger partial charge in [0.05, 0.1) is 22.7 Å². The van der Waals surface area contributed by atoms with Gasteiger partial charge in [-0.1, -0.05) is 23.2 Å². The SMILES string of the molecule is COc1ccc(C(=O)Nc2ncc(Cl)cc2Cl)c2nc(C(F)(F)F)[nH]c12. The van der Waals surface area contributed by atoms with E-state index in [1.54, 1.807) is 0 Å². The summed E-state index contributed by atoms with van der Waals surface area (Å²) in [6.07, 6.45) is -3.44. The van der Waals surface area contributed by atoms with Crippen LogP contribution in [0.1, 0.15) is 16.2 Å². The van der Waals surface area contributed by atoms with Crippen molar-refractivity contribution in [3.05, 3.63) is 45.8 Å². The Hall–Kier alpha value is -2.52. The van der Waals surface area contributed by atoms with Crippen molar-refractivity contribution >= 4 is 46.0 Å². The zero-order valence-corrected chi connectivity index (χ0v) is 14.4. The molecule has 6 nitrogen and oxygen atoms in total. The topological polar surface area (TPSA) is 79.9 Å². The summed E-state index contributed by atoms with van der Waals surface area (Å²) in [7, 11) is 1.29. The molecule has 0 radical (unpaired) electrons. The monoisotopic (exact) mass is 404 g/mol. The highest BCUT2D eigenvalue weighted by molar-refractivity contribution is 6.36. The van der Waals surface area contributed by atoms with E-state index in [2.05, 4.69) is 20.3 Å². The summed E-state index contributed by atoms with van der Waals surface area (Å²) in [4.78, 5) is 22.0. The summed E-state index contributed by atoms with van der Waals surface area (Å²) in [5.41, 5.74) is -0.359. The number of pyridine rings is 1. The maximum Gasteiger partial charge on any atom is 0.449 e. The first kappa shape index (κ1) is 18.3. The van der Waals surface area contributed by atoms with Crippen molar-refractivity contribution in [1.29, 1.82) is 0 Å². The van der Waals surface area contributed by atoms with Crippen LogP contribution in [-0.2, 0) is 6.18 Å². The van der Waals surface area contributed by atoms with Gasteiger partial charge in [-0.2, -0.15) is 13.2 Å². The molecule has 26 heavy (non-hydrogen) atoms. The second-order valence-corrected chi connectivity index (χ2v) is 5.90. The summed E-state index contributed by atoms with van der Waals surface area (Å²) >= 11 is 11.7. The highest BCUT2D eigenvalue weighted by Crippen LogP contribution is 2.33. The zero-order valence-electron chi connectivity index (χ0n) is 12.9. The van der Waals surface area contributed by atoms with Gasteiger partial charge in [0.2, 0.25) is 5.82 Å². The number of imidazole rings is 1. The maximum absolute atomic E-state index is 13.0. The molecule has 0 aliphatic carbocycles. The van der Waals surface area contributed by atoms with Gasteiger partial charge in [-0.25, -0.2) is 9.97 Å². The van der Waals surface area contributed by atoms with Crippen LogP contribution in [0.25, 0.3) is 11.0 Å². The van der Waals surface area contributed by atoms with Gasteiger partial charge in [-0.3, -0.25) is 4.79 Å². The number of halogens is 5. The second-order valence-electron chi connectivity index (χ2n) is 5.06. The normalized spacial score (nSPS) is 11.6. The molecule has 0 bridgehead atoms. The molecule has 0 atom stereocenters. The van der Waals surface area contributed by atoms with Crippen LogP contribution in [-0.4, -0.2) is 28.0 Å². The Bertz CT molecular complexity index is 1000. The number of nitrogens with zero attached hydrogens (tertiary/aromatic N) is 2. The molecule has 2 heterocycles. The lowest BCUT2D eigenvalue weighted by molar-refractivity contribution is -0.144. The van der Waals surface area contributed by atoms with Gasteiger partial charge < -0.3 is 15.0 Å². The minimum Gasteiger partial charge on any atom is -0.494 e. The lowest BCUT2D eigenvalue weighted by Crippen LogP contribution is -2.14. The summed E-state index contributed by atoms with van der Waals surface area (Å²) in [6.45, 7) is 0. The van der Waals surface area contributed by atoms with Crippen LogP contribution in [0, 0.1) is 0 Å². The third-order valence-electron chi connectivity index (χ3n) is 3.38. The molecule has 0 spiro atoms. The van der Waals surface area contributed by atoms with E-state index in [4.69, 9.17) is 27.9 Å². The smallest absolute Gasteiger partial charge is 0.449 e. The van der Waals surface area contributed by atoms with Crippen LogP contribution in [0.4, 0.5) is 19.0 Å². The summed E-state index contributed by atoms with van der Waals surface area (Å²) in [5.74, 6) is -1.86. The highest BCUT2D eigenvalue weighted by atomic mass is 35.5. The summed E-state index contributed by atoms with van der Waals surface area (Å²) in [6, 6.07) is 4.01. The maximum atomic E-state index is 13.0. The van der Waals surface area contributed by atoms with E-state index in [0.717, 1.165) is 0 Å².